The van der Waals surface area contributed by atoms with Crippen LogP contribution in [0.1, 0.15) is 33.4 Å². The molecule has 2 heterocycles. The van der Waals surface area contributed by atoms with Crippen LogP contribution >= 0.6 is 7.82 Å². The minimum absolute atomic E-state index is 0.0144. The third kappa shape index (κ3) is 8.68. The Hall–Kier alpha value is -2.33. The Kier molecular flexibility index (Phi) is 9.21. The van der Waals surface area contributed by atoms with E-state index in [1.807, 2.05) is 20.8 Å². The van der Waals surface area contributed by atoms with Crippen LogP contribution in [0.5, 0.6) is 0 Å². The molecule has 1 saturated heterocycles. The molecule has 0 aliphatic carbocycles. The number of phosphoric acid groups is 1. The molecule has 2 rings (SSSR count). The molecule has 17 heteroatoms. The van der Waals surface area contributed by atoms with E-state index in [2.05, 4.69) is 20.1 Å². The van der Waals surface area contributed by atoms with Crippen molar-refractivity contribution in [1.82, 2.24) is 14.9 Å². The van der Waals surface area contributed by atoms with Gasteiger partial charge in [0.05, 0.1) is 13.0 Å². The molecule has 1 amide bonds. The fourth-order valence-electron chi connectivity index (χ4n) is 2.87. The van der Waals surface area contributed by atoms with Crippen molar-refractivity contribution in [2.24, 2.45) is 0 Å². The highest BCUT2D eigenvalue weighted by Crippen LogP contribution is 2.44. The van der Waals surface area contributed by atoms with Crippen LogP contribution in [0.3, 0.4) is 0 Å². The number of aliphatic hydroxyl groups excluding tert-OH is 1. The number of aromatic nitrogens is 2. The van der Waals surface area contributed by atoms with Crippen LogP contribution in [0.15, 0.2) is 17.1 Å². The predicted molar refractivity (Wildman–Crippen MR) is 113 cm³/mol. The van der Waals surface area contributed by atoms with Gasteiger partial charge in [-0.2, -0.15) is 13.8 Å². The topological polar surface area (TPSA) is 199 Å². The first kappa shape index (κ1) is 28.9. The predicted octanol–water partition coefficient (Wildman–Crippen LogP) is -0.494. The number of carbonyl (C=O) groups excluding carboxylic acids is 2. The lowest BCUT2D eigenvalue weighted by molar-refractivity contribution is -0.147. The standard InChI is InChI=1S/C18H27F2N4O10P/c1-17(2,3)21-6-4-13(26)32-9-12(25)22-11-5-7-24(16(28)23-11)15-18(19,20)14(27)10(34-15)8-33-35(29,30)31/h5,7,10,14-15,21,27H,4,6,8-9H2,1-3H3,(H2,29,30,31)(H,22,23,25,28)/t10-,14-,15?/m1/s1. The maximum absolute atomic E-state index is 14.4. The Bertz CT molecular complexity index is 1030. The largest absolute Gasteiger partial charge is 0.469 e. The highest BCUT2D eigenvalue weighted by molar-refractivity contribution is 7.46. The molecular formula is C18H27F2N4O10P. The summed E-state index contributed by atoms with van der Waals surface area (Å²) in [6.45, 7) is 4.32. The Balaban J connectivity index is 1.96. The lowest BCUT2D eigenvalue weighted by Crippen LogP contribution is -2.42. The molecule has 5 N–H and O–H groups in total. The molecule has 0 bridgehead atoms. The van der Waals surface area contributed by atoms with Gasteiger partial charge in [-0.25, -0.2) is 9.36 Å². The van der Waals surface area contributed by atoms with Gasteiger partial charge in [0, 0.05) is 18.3 Å². The summed E-state index contributed by atoms with van der Waals surface area (Å²) in [5, 5.41) is 15.0. The average Bonchev–Trinajstić information content (AvgIpc) is 2.93. The number of amides is 1. The summed E-state index contributed by atoms with van der Waals surface area (Å²) in [4.78, 5) is 56.7. The van der Waals surface area contributed by atoms with Gasteiger partial charge >= 0.3 is 25.4 Å². The Morgan fingerprint density at radius 3 is 2.57 bits per heavy atom. The normalized spacial score (nSPS) is 22.1. The molecule has 1 aliphatic heterocycles. The van der Waals surface area contributed by atoms with Gasteiger partial charge in [-0.15, -0.1) is 0 Å². The number of esters is 1. The van der Waals surface area contributed by atoms with E-state index in [4.69, 9.17) is 19.3 Å². The maximum atomic E-state index is 14.4. The number of ether oxygens (including phenoxy) is 2. The number of anilines is 1. The van der Waals surface area contributed by atoms with E-state index >= 15 is 0 Å². The molecule has 0 spiro atoms. The molecule has 1 fully saturated rings. The summed E-state index contributed by atoms with van der Waals surface area (Å²) in [7, 11) is -5.02. The molecule has 14 nitrogen and oxygen atoms in total. The van der Waals surface area contributed by atoms with Crippen molar-refractivity contribution in [3.05, 3.63) is 22.7 Å². The van der Waals surface area contributed by atoms with Crippen LogP contribution in [-0.4, -0.2) is 79.7 Å². The third-order valence-electron chi connectivity index (χ3n) is 4.49. The molecular weight excluding hydrogens is 501 g/mol. The Morgan fingerprint density at radius 1 is 1.34 bits per heavy atom. The second-order valence-corrected chi connectivity index (χ2v) is 9.81. The molecule has 1 aliphatic rings. The second-order valence-electron chi connectivity index (χ2n) is 8.57. The minimum atomic E-state index is -5.02. The van der Waals surface area contributed by atoms with Gasteiger partial charge in [0.15, 0.2) is 12.7 Å². The highest BCUT2D eigenvalue weighted by atomic mass is 31.2. The fourth-order valence-corrected chi connectivity index (χ4v) is 3.22. The number of halogens is 2. The first-order chi connectivity index (χ1) is 16.0. The Morgan fingerprint density at radius 2 is 2.00 bits per heavy atom. The quantitative estimate of drug-likeness (QED) is 0.193. The molecule has 3 atom stereocenters. The minimum Gasteiger partial charge on any atom is -0.456 e. The van der Waals surface area contributed by atoms with Crippen LogP contribution in [0.25, 0.3) is 0 Å². The van der Waals surface area contributed by atoms with E-state index in [1.54, 1.807) is 0 Å². The van der Waals surface area contributed by atoms with Gasteiger partial charge in [0.25, 0.3) is 5.91 Å². The van der Waals surface area contributed by atoms with Crippen molar-refractivity contribution >= 4 is 25.5 Å². The molecule has 0 radical (unpaired) electrons. The van der Waals surface area contributed by atoms with Crippen LogP contribution in [0.2, 0.25) is 0 Å². The van der Waals surface area contributed by atoms with Crippen LogP contribution in [0, 0.1) is 0 Å². The molecule has 35 heavy (non-hydrogen) atoms. The monoisotopic (exact) mass is 528 g/mol. The number of hydrogen-bond acceptors (Lipinski definition) is 10. The maximum Gasteiger partial charge on any atom is 0.469 e. The first-order valence-electron chi connectivity index (χ1n) is 10.2. The molecule has 0 aromatic carbocycles. The number of aliphatic hydroxyl groups is 1. The van der Waals surface area contributed by atoms with E-state index in [0.29, 0.717) is 11.1 Å². The lowest BCUT2D eigenvalue weighted by Gasteiger charge is -2.21. The summed E-state index contributed by atoms with van der Waals surface area (Å²) >= 11 is 0. The first-order valence-corrected chi connectivity index (χ1v) is 11.7. The number of nitrogens with one attached hydrogen (secondary N) is 2. The molecule has 1 aromatic rings. The van der Waals surface area contributed by atoms with Crippen molar-refractivity contribution in [2.45, 2.75) is 57.1 Å². The number of carbonyl (C=O) groups is 2. The summed E-state index contributed by atoms with van der Waals surface area (Å²) in [5.74, 6) is -5.85. The van der Waals surface area contributed by atoms with Crippen molar-refractivity contribution < 1.29 is 51.8 Å². The van der Waals surface area contributed by atoms with Gasteiger partial charge in [-0.3, -0.25) is 18.7 Å². The van der Waals surface area contributed by atoms with Crippen LogP contribution in [-0.2, 0) is 28.2 Å². The van der Waals surface area contributed by atoms with Crippen LogP contribution in [0.4, 0.5) is 14.6 Å². The smallest absolute Gasteiger partial charge is 0.456 e. The lowest BCUT2D eigenvalue weighted by atomic mass is 10.1. The highest BCUT2D eigenvalue weighted by Gasteiger charge is 2.60. The fraction of sp³-hybridized carbons (Fsp3) is 0.667. The van der Waals surface area contributed by atoms with Crippen molar-refractivity contribution in [2.75, 3.05) is 25.1 Å². The Labute approximate surface area is 197 Å². The van der Waals surface area contributed by atoms with Gasteiger partial charge in [0.2, 0.25) is 6.23 Å². The zero-order valence-electron chi connectivity index (χ0n) is 19.0. The second kappa shape index (κ2) is 11.2. The number of nitrogens with zero attached hydrogens (tertiary/aromatic N) is 2. The SMILES string of the molecule is CC(C)(C)NCCC(=O)OCC(=O)Nc1ccn(C2O[C@H](COP(=O)(O)O)[C@@H](O)C2(F)F)c(=O)n1. The van der Waals surface area contributed by atoms with Gasteiger partial charge in [-0.1, -0.05) is 0 Å². The van der Waals surface area contributed by atoms with Gasteiger partial charge < -0.3 is 35.0 Å². The van der Waals surface area contributed by atoms with Gasteiger partial charge in [0.1, 0.15) is 11.9 Å². The van der Waals surface area contributed by atoms with E-state index < -0.39 is 63.0 Å². The zero-order chi connectivity index (χ0) is 26.6. The van der Waals surface area contributed by atoms with E-state index in [1.165, 1.54) is 0 Å². The molecule has 0 saturated carbocycles. The van der Waals surface area contributed by atoms with E-state index in [0.717, 1.165) is 12.3 Å². The summed E-state index contributed by atoms with van der Waals surface area (Å²) < 4.78 is 53.8. The van der Waals surface area contributed by atoms with Gasteiger partial charge in [-0.05, 0) is 26.8 Å². The van der Waals surface area contributed by atoms with E-state index in [-0.39, 0.29) is 17.8 Å². The molecule has 1 aromatic heterocycles. The summed E-state index contributed by atoms with van der Waals surface area (Å²) in [5.41, 5.74) is -1.49. The van der Waals surface area contributed by atoms with Crippen LogP contribution < -0.4 is 16.3 Å². The third-order valence-corrected chi connectivity index (χ3v) is 4.97. The zero-order valence-corrected chi connectivity index (χ0v) is 19.9. The van der Waals surface area contributed by atoms with Crippen molar-refractivity contribution in [3.63, 3.8) is 0 Å². The number of hydrogen-bond donors (Lipinski definition) is 5. The number of rotatable bonds is 10. The molecule has 198 valence electrons. The average molecular weight is 528 g/mol. The van der Waals surface area contributed by atoms with E-state index in [9.17, 15) is 32.8 Å². The number of phosphoric ester groups is 1. The van der Waals surface area contributed by atoms with Crippen molar-refractivity contribution in [3.8, 4) is 0 Å². The number of alkyl halides is 2. The summed E-state index contributed by atoms with van der Waals surface area (Å²) in [6.07, 6.45) is -5.94. The summed E-state index contributed by atoms with van der Waals surface area (Å²) in [6, 6.07) is 0.986. The molecule has 1 unspecified atom stereocenters. The van der Waals surface area contributed by atoms with Crippen molar-refractivity contribution in [1.29, 1.82) is 0 Å².